The van der Waals surface area contributed by atoms with Crippen LogP contribution < -0.4 is 9.64 Å². The zero-order valence-corrected chi connectivity index (χ0v) is 17.3. The maximum absolute atomic E-state index is 12.8. The molecule has 0 saturated heterocycles. The summed E-state index contributed by atoms with van der Waals surface area (Å²) >= 11 is 2.66. The molecular formula is C19H18F3N3O2S2. The first-order chi connectivity index (χ1) is 13.7. The summed E-state index contributed by atoms with van der Waals surface area (Å²) in [4.78, 5) is 21.6. The Morgan fingerprint density at radius 3 is 2.69 bits per heavy atom. The second-order valence-corrected chi connectivity index (χ2v) is 8.30. The minimum atomic E-state index is -4.76. The molecule has 3 aromatic rings. The highest BCUT2D eigenvalue weighted by molar-refractivity contribution is 7.22. The molecule has 0 aliphatic carbocycles. The van der Waals surface area contributed by atoms with Crippen molar-refractivity contribution in [2.75, 3.05) is 32.1 Å². The monoisotopic (exact) mass is 441 g/mol. The van der Waals surface area contributed by atoms with Gasteiger partial charge in [-0.05, 0) is 43.8 Å². The Balaban J connectivity index is 1.87. The highest BCUT2D eigenvalue weighted by Crippen LogP contribution is 2.33. The molecule has 0 unspecified atom stereocenters. The van der Waals surface area contributed by atoms with Gasteiger partial charge in [-0.25, -0.2) is 4.98 Å². The molecule has 154 valence electrons. The number of carbonyl (C=O) groups excluding carboxylic acids is 1. The molecule has 2 heterocycles. The van der Waals surface area contributed by atoms with E-state index in [9.17, 15) is 18.0 Å². The Labute approximate surface area is 173 Å². The maximum Gasteiger partial charge on any atom is 0.573 e. The molecule has 1 aromatic carbocycles. The van der Waals surface area contributed by atoms with E-state index >= 15 is 0 Å². The number of likely N-dealkylation sites (N-methyl/N-ethyl adjacent to an activating group) is 1. The number of nitrogens with zero attached hydrogens (tertiary/aromatic N) is 3. The van der Waals surface area contributed by atoms with Gasteiger partial charge in [-0.1, -0.05) is 17.4 Å². The zero-order chi connectivity index (χ0) is 21.0. The molecule has 2 aromatic heterocycles. The van der Waals surface area contributed by atoms with E-state index in [2.05, 4.69) is 9.72 Å². The van der Waals surface area contributed by atoms with E-state index in [-0.39, 0.29) is 11.7 Å². The van der Waals surface area contributed by atoms with Crippen molar-refractivity contribution < 1.29 is 22.7 Å². The van der Waals surface area contributed by atoms with Crippen molar-refractivity contribution in [2.45, 2.75) is 6.36 Å². The first kappa shape index (κ1) is 21.3. The quantitative estimate of drug-likeness (QED) is 0.491. The first-order valence-corrected chi connectivity index (χ1v) is 10.2. The number of hydrogen-bond acceptors (Lipinski definition) is 6. The van der Waals surface area contributed by atoms with Crippen LogP contribution in [0.25, 0.3) is 16.3 Å². The molecule has 29 heavy (non-hydrogen) atoms. The lowest BCUT2D eigenvalue weighted by molar-refractivity contribution is -0.274. The molecule has 5 nitrogen and oxygen atoms in total. The summed E-state index contributed by atoms with van der Waals surface area (Å²) < 4.78 is 41.9. The van der Waals surface area contributed by atoms with Crippen LogP contribution in [0, 0.1) is 0 Å². The summed E-state index contributed by atoms with van der Waals surface area (Å²) in [5.74, 6) is -0.560. The predicted molar refractivity (Wildman–Crippen MR) is 111 cm³/mol. The SMILES string of the molecule is CN(C)CCN(C(=O)/C=C/c1cccs1)c1nc2ccc(OC(F)(F)F)cc2s1. The van der Waals surface area contributed by atoms with Crippen LogP contribution in [0.3, 0.4) is 0 Å². The summed E-state index contributed by atoms with van der Waals surface area (Å²) in [6, 6.07) is 7.74. The number of anilines is 1. The Morgan fingerprint density at radius 1 is 1.24 bits per heavy atom. The average molecular weight is 442 g/mol. The van der Waals surface area contributed by atoms with Crippen molar-refractivity contribution in [3.63, 3.8) is 0 Å². The molecule has 10 heteroatoms. The number of alkyl halides is 3. The molecule has 0 aliphatic heterocycles. The van der Waals surface area contributed by atoms with Crippen molar-refractivity contribution in [1.82, 2.24) is 9.88 Å². The molecule has 0 atom stereocenters. The number of amides is 1. The number of rotatable bonds is 7. The van der Waals surface area contributed by atoms with Crippen molar-refractivity contribution in [3.05, 3.63) is 46.7 Å². The lowest BCUT2D eigenvalue weighted by atomic mass is 10.3. The Morgan fingerprint density at radius 2 is 2.03 bits per heavy atom. The van der Waals surface area contributed by atoms with Gasteiger partial charge >= 0.3 is 6.36 Å². The standard InChI is InChI=1S/C19H18F3N3O2S2/c1-24(2)9-10-25(17(26)8-6-14-4-3-11-28-14)18-23-15-7-5-13(12-16(15)29-18)27-19(20,21)22/h3-8,11-12H,9-10H2,1-2H3/b8-6+. The largest absolute Gasteiger partial charge is 0.573 e. The summed E-state index contributed by atoms with van der Waals surface area (Å²) in [5.41, 5.74) is 0.504. The second kappa shape index (κ2) is 8.93. The number of thiophene rings is 1. The first-order valence-electron chi connectivity index (χ1n) is 8.55. The van der Waals surface area contributed by atoms with E-state index in [1.807, 2.05) is 36.5 Å². The molecule has 0 radical (unpaired) electrons. The fourth-order valence-electron chi connectivity index (χ4n) is 2.43. The molecule has 0 fully saturated rings. The lowest BCUT2D eigenvalue weighted by Crippen LogP contribution is -2.35. The van der Waals surface area contributed by atoms with Gasteiger partial charge in [-0.2, -0.15) is 0 Å². The van der Waals surface area contributed by atoms with E-state index in [1.54, 1.807) is 6.08 Å². The molecule has 0 aliphatic rings. The summed E-state index contributed by atoms with van der Waals surface area (Å²) in [6.45, 7) is 1.00. The Hall–Kier alpha value is -2.43. The molecule has 0 N–H and O–H groups in total. The summed E-state index contributed by atoms with van der Waals surface area (Å²) in [6.07, 6.45) is -1.55. The number of ether oxygens (including phenoxy) is 1. The van der Waals surface area contributed by atoms with Crippen molar-refractivity contribution >= 4 is 50.0 Å². The topological polar surface area (TPSA) is 45.7 Å². The van der Waals surface area contributed by atoms with Crippen LogP contribution in [0.15, 0.2) is 41.8 Å². The molecule has 0 bridgehead atoms. The maximum atomic E-state index is 12.8. The number of fused-ring (bicyclic) bond motifs is 1. The third kappa shape index (κ3) is 6.02. The van der Waals surface area contributed by atoms with Gasteiger partial charge in [-0.3, -0.25) is 9.69 Å². The minimum Gasteiger partial charge on any atom is -0.406 e. The number of halogens is 3. The molecule has 0 saturated carbocycles. The predicted octanol–water partition coefficient (Wildman–Crippen LogP) is 4.86. The van der Waals surface area contributed by atoms with Gasteiger partial charge in [0.05, 0.1) is 10.2 Å². The highest BCUT2D eigenvalue weighted by Gasteiger charge is 2.31. The van der Waals surface area contributed by atoms with E-state index in [4.69, 9.17) is 0 Å². The summed E-state index contributed by atoms with van der Waals surface area (Å²) in [5, 5.41) is 2.34. The number of benzene rings is 1. The molecule has 0 spiro atoms. The van der Waals surface area contributed by atoms with E-state index < -0.39 is 6.36 Å². The van der Waals surface area contributed by atoms with Gasteiger partial charge in [0.15, 0.2) is 5.13 Å². The van der Waals surface area contributed by atoms with Crippen LogP contribution >= 0.6 is 22.7 Å². The van der Waals surface area contributed by atoms with Crippen LogP contribution in [-0.2, 0) is 4.79 Å². The van der Waals surface area contributed by atoms with Crippen LogP contribution in [0.5, 0.6) is 5.75 Å². The summed E-state index contributed by atoms with van der Waals surface area (Å²) in [7, 11) is 3.78. The van der Waals surface area contributed by atoms with Gasteiger partial charge in [0.2, 0.25) is 0 Å². The van der Waals surface area contributed by atoms with Crippen molar-refractivity contribution in [1.29, 1.82) is 0 Å². The normalized spacial score (nSPS) is 12.2. The fourth-order valence-corrected chi connectivity index (χ4v) is 4.08. The van der Waals surface area contributed by atoms with Gasteiger partial charge in [0.1, 0.15) is 5.75 Å². The van der Waals surface area contributed by atoms with E-state index in [1.165, 1.54) is 40.5 Å². The third-order valence-electron chi connectivity index (χ3n) is 3.78. The third-order valence-corrected chi connectivity index (χ3v) is 5.66. The fraction of sp³-hybridized carbons (Fsp3) is 0.263. The van der Waals surface area contributed by atoms with Crippen LogP contribution in [0.1, 0.15) is 4.88 Å². The van der Waals surface area contributed by atoms with Crippen molar-refractivity contribution in [3.8, 4) is 5.75 Å². The number of hydrogen-bond donors (Lipinski definition) is 0. The number of aromatic nitrogens is 1. The van der Waals surface area contributed by atoms with Gasteiger partial charge in [0.25, 0.3) is 5.91 Å². The van der Waals surface area contributed by atoms with Crippen LogP contribution in [0.4, 0.5) is 18.3 Å². The van der Waals surface area contributed by atoms with Gasteiger partial charge in [0, 0.05) is 30.1 Å². The highest BCUT2D eigenvalue weighted by atomic mass is 32.1. The zero-order valence-electron chi connectivity index (χ0n) is 15.6. The lowest BCUT2D eigenvalue weighted by Gasteiger charge is -2.20. The Kier molecular flexibility index (Phi) is 6.56. The molecular weight excluding hydrogens is 423 g/mol. The van der Waals surface area contributed by atoms with Crippen molar-refractivity contribution in [2.24, 2.45) is 0 Å². The van der Waals surface area contributed by atoms with Gasteiger partial charge in [-0.15, -0.1) is 24.5 Å². The van der Waals surface area contributed by atoms with Crippen LogP contribution in [-0.4, -0.2) is 49.3 Å². The van der Waals surface area contributed by atoms with Gasteiger partial charge < -0.3 is 9.64 Å². The van der Waals surface area contributed by atoms with Crippen LogP contribution in [0.2, 0.25) is 0 Å². The smallest absolute Gasteiger partial charge is 0.406 e. The van der Waals surface area contributed by atoms with E-state index in [0.29, 0.717) is 28.4 Å². The number of carbonyl (C=O) groups is 1. The number of thiazole rings is 1. The van der Waals surface area contributed by atoms with E-state index in [0.717, 1.165) is 16.2 Å². The Bertz CT molecular complexity index is 998. The second-order valence-electron chi connectivity index (χ2n) is 6.32. The average Bonchev–Trinajstić information content (AvgIpc) is 3.27. The molecule has 1 amide bonds. The molecule has 3 rings (SSSR count). The minimum absolute atomic E-state index is 0.244.